The van der Waals surface area contributed by atoms with Gasteiger partial charge in [0.15, 0.2) is 5.65 Å². The van der Waals surface area contributed by atoms with Crippen molar-refractivity contribution in [1.82, 2.24) is 14.6 Å². The molecule has 2 aromatic heterocycles. The number of rotatable bonds is 3. The lowest BCUT2D eigenvalue weighted by Gasteiger charge is -2.08. The number of ether oxygens (including phenoxy) is 1. The number of carbonyl (C=O) groups excluding carboxylic acids is 1. The first-order valence-electron chi connectivity index (χ1n) is 7.59. The molecule has 29 heavy (non-hydrogen) atoms. The first-order valence-corrected chi connectivity index (χ1v) is 7.59. The van der Waals surface area contributed by atoms with E-state index < -0.39 is 58.9 Å². The number of esters is 1. The maximum atomic E-state index is 13.4. The second-order valence-electron chi connectivity index (χ2n) is 5.69. The first kappa shape index (κ1) is 20.4. The Bertz CT molecular complexity index is 1130. The smallest absolute Gasteiger partial charge is 0.453 e. The number of aromatic amines is 1. The van der Waals surface area contributed by atoms with Gasteiger partial charge in [-0.3, -0.25) is 9.89 Å². The second kappa shape index (κ2) is 6.90. The van der Waals surface area contributed by atoms with Crippen LogP contribution in [0.4, 0.5) is 30.7 Å². The van der Waals surface area contributed by atoms with Gasteiger partial charge < -0.3 is 4.74 Å². The van der Waals surface area contributed by atoms with Crippen LogP contribution in [0.25, 0.3) is 16.8 Å². The Hall–Kier alpha value is -3.38. The van der Waals surface area contributed by atoms with Crippen LogP contribution in [0.1, 0.15) is 11.4 Å². The van der Waals surface area contributed by atoms with E-state index in [0.717, 1.165) is 24.3 Å². The summed E-state index contributed by atoms with van der Waals surface area (Å²) in [6.07, 6.45) is -10.3. The molecule has 1 N–H and O–H groups in total. The number of halogens is 7. The van der Waals surface area contributed by atoms with Gasteiger partial charge in [0.1, 0.15) is 18.1 Å². The summed E-state index contributed by atoms with van der Waals surface area (Å²) >= 11 is 0. The fourth-order valence-corrected chi connectivity index (χ4v) is 2.48. The van der Waals surface area contributed by atoms with Gasteiger partial charge in [-0.2, -0.15) is 26.3 Å². The van der Waals surface area contributed by atoms with E-state index in [1.165, 1.54) is 0 Å². The van der Waals surface area contributed by atoms with Gasteiger partial charge in [0.2, 0.25) is 0 Å². The van der Waals surface area contributed by atoms with Gasteiger partial charge >= 0.3 is 18.3 Å². The lowest BCUT2D eigenvalue weighted by molar-refractivity contribution is -0.201. The van der Waals surface area contributed by atoms with Crippen LogP contribution in [0.2, 0.25) is 0 Å². The molecule has 3 rings (SSSR count). The van der Waals surface area contributed by atoms with Crippen molar-refractivity contribution in [1.29, 1.82) is 0 Å². The van der Waals surface area contributed by atoms with Gasteiger partial charge in [0, 0.05) is 6.07 Å². The highest BCUT2D eigenvalue weighted by molar-refractivity contribution is 5.80. The summed E-state index contributed by atoms with van der Waals surface area (Å²) in [5, 5.41) is 1.84. The van der Waals surface area contributed by atoms with Crippen molar-refractivity contribution in [3.63, 3.8) is 0 Å². The molecule has 3 aromatic rings. The SMILES string of the molecule is O=C(OCc1cc(=O)n2[nH]c(C(F)(F)F)c(-c3ccc(F)cc3)c2n1)C(F)(F)F. The molecule has 0 atom stereocenters. The summed E-state index contributed by atoms with van der Waals surface area (Å²) in [6.45, 7) is -1.10. The zero-order valence-electron chi connectivity index (χ0n) is 13.9. The quantitative estimate of drug-likeness (QED) is 0.517. The van der Waals surface area contributed by atoms with Crippen LogP contribution in [0.5, 0.6) is 0 Å². The molecule has 2 heterocycles. The molecule has 0 aliphatic carbocycles. The summed E-state index contributed by atoms with van der Waals surface area (Å²) < 4.78 is 94.5. The highest BCUT2D eigenvalue weighted by atomic mass is 19.4. The maximum absolute atomic E-state index is 13.4. The van der Waals surface area contributed by atoms with Crippen molar-refractivity contribution in [2.45, 2.75) is 19.0 Å². The molecule has 154 valence electrons. The third kappa shape index (κ3) is 4.07. The highest BCUT2D eigenvalue weighted by Crippen LogP contribution is 2.38. The number of nitrogens with one attached hydrogen (secondary N) is 1. The molecule has 0 bridgehead atoms. The van der Waals surface area contributed by atoms with Gasteiger partial charge in [-0.05, 0) is 17.7 Å². The predicted molar refractivity (Wildman–Crippen MR) is 82.1 cm³/mol. The van der Waals surface area contributed by atoms with E-state index in [2.05, 4.69) is 9.72 Å². The number of carbonyl (C=O) groups is 1. The normalized spacial score (nSPS) is 12.4. The number of fused-ring (bicyclic) bond motifs is 1. The Balaban J connectivity index is 2.16. The van der Waals surface area contributed by atoms with E-state index in [4.69, 9.17) is 0 Å². The largest absolute Gasteiger partial charge is 0.490 e. The third-order valence-corrected chi connectivity index (χ3v) is 3.67. The Morgan fingerprint density at radius 3 is 2.28 bits per heavy atom. The van der Waals surface area contributed by atoms with E-state index >= 15 is 0 Å². The molecule has 0 unspecified atom stereocenters. The Labute approximate surface area is 155 Å². The number of hydrogen-bond donors (Lipinski definition) is 1. The van der Waals surface area contributed by atoms with Crippen molar-refractivity contribution >= 4 is 11.6 Å². The topological polar surface area (TPSA) is 76.5 Å². The highest BCUT2D eigenvalue weighted by Gasteiger charge is 2.41. The molecule has 0 aliphatic heterocycles. The van der Waals surface area contributed by atoms with E-state index in [9.17, 15) is 40.3 Å². The molecule has 0 saturated carbocycles. The van der Waals surface area contributed by atoms with Gasteiger partial charge in [-0.25, -0.2) is 18.7 Å². The van der Waals surface area contributed by atoms with Crippen molar-refractivity contribution in [3.05, 3.63) is 57.9 Å². The maximum Gasteiger partial charge on any atom is 0.490 e. The first-order chi connectivity index (χ1) is 13.4. The van der Waals surface area contributed by atoms with Crippen molar-refractivity contribution < 1.29 is 40.3 Å². The molecule has 0 spiro atoms. The molecular formula is C16H8F7N3O3. The minimum Gasteiger partial charge on any atom is -0.453 e. The summed E-state index contributed by atoms with van der Waals surface area (Å²) in [6, 6.07) is 4.40. The lowest BCUT2D eigenvalue weighted by atomic mass is 10.1. The number of hydrogen-bond acceptors (Lipinski definition) is 4. The van der Waals surface area contributed by atoms with Gasteiger partial charge in [-0.1, -0.05) is 12.1 Å². The van der Waals surface area contributed by atoms with Crippen LogP contribution in [0.3, 0.4) is 0 Å². The molecular weight excluding hydrogens is 415 g/mol. The fourth-order valence-electron chi connectivity index (χ4n) is 2.48. The number of benzene rings is 1. The zero-order valence-corrected chi connectivity index (χ0v) is 13.9. The van der Waals surface area contributed by atoms with Crippen molar-refractivity contribution in [2.75, 3.05) is 0 Å². The van der Waals surface area contributed by atoms with Crippen LogP contribution in [-0.4, -0.2) is 26.7 Å². The Morgan fingerprint density at radius 1 is 1.10 bits per heavy atom. The zero-order chi connectivity index (χ0) is 21.6. The Morgan fingerprint density at radius 2 is 1.72 bits per heavy atom. The monoisotopic (exact) mass is 423 g/mol. The number of nitrogens with zero attached hydrogens (tertiary/aromatic N) is 2. The summed E-state index contributed by atoms with van der Waals surface area (Å²) in [5.74, 6) is -3.28. The standard InChI is InChI=1S/C16H8F7N3O3/c17-8-3-1-7(2-4-8)11-12(15(18,19)20)25-26-10(27)5-9(24-13(11)26)6-29-14(28)16(21,22)23/h1-5,25H,6H2. The van der Waals surface area contributed by atoms with E-state index in [1.807, 2.05) is 5.10 Å². The fraction of sp³-hybridized carbons (Fsp3) is 0.188. The number of alkyl halides is 6. The van der Waals surface area contributed by atoms with Crippen LogP contribution >= 0.6 is 0 Å². The lowest BCUT2D eigenvalue weighted by Crippen LogP contribution is -2.26. The van der Waals surface area contributed by atoms with Crippen LogP contribution < -0.4 is 5.56 Å². The van der Waals surface area contributed by atoms with Crippen molar-refractivity contribution in [2.24, 2.45) is 0 Å². The predicted octanol–water partition coefficient (Wildman–Crippen LogP) is 3.45. The minimum absolute atomic E-state index is 0.159. The molecule has 0 fully saturated rings. The average Bonchev–Trinajstić information content (AvgIpc) is 3.00. The molecule has 0 radical (unpaired) electrons. The summed E-state index contributed by atoms with van der Waals surface area (Å²) in [7, 11) is 0. The van der Waals surface area contributed by atoms with E-state index in [0.29, 0.717) is 10.6 Å². The van der Waals surface area contributed by atoms with Gasteiger partial charge in [0.25, 0.3) is 5.56 Å². The van der Waals surface area contributed by atoms with Crippen molar-refractivity contribution in [3.8, 4) is 11.1 Å². The Kier molecular flexibility index (Phi) is 4.84. The third-order valence-electron chi connectivity index (χ3n) is 3.67. The average molecular weight is 423 g/mol. The number of aromatic nitrogens is 3. The molecule has 13 heteroatoms. The van der Waals surface area contributed by atoms with Gasteiger partial charge in [0.05, 0.1) is 11.3 Å². The summed E-state index contributed by atoms with van der Waals surface area (Å²) in [5.41, 5.74) is -4.35. The molecule has 1 aromatic carbocycles. The summed E-state index contributed by atoms with van der Waals surface area (Å²) in [4.78, 5) is 26.6. The van der Waals surface area contributed by atoms with E-state index in [-0.39, 0.29) is 5.56 Å². The molecule has 0 aliphatic rings. The van der Waals surface area contributed by atoms with Crippen LogP contribution in [0.15, 0.2) is 35.1 Å². The molecule has 0 amide bonds. The minimum atomic E-state index is -5.30. The number of H-pyrrole nitrogens is 1. The van der Waals surface area contributed by atoms with Crippen LogP contribution in [-0.2, 0) is 22.3 Å². The molecule has 6 nitrogen and oxygen atoms in total. The van der Waals surface area contributed by atoms with E-state index in [1.54, 1.807) is 0 Å². The van der Waals surface area contributed by atoms with Crippen LogP contribution in [0, 0.1) is 5.82 Å². The second-order valence-corrected chi connectivity index (χ2v) is 5.69. The van der Waals surface area contributed by atoms with Gasteiger partial charge in [-0.15, -0.1) is 0 Å². The molecule has 0 saturated heterocycles.